The van der Waals surface area contributed by atoms with Crippen molar-refractivity contribution in [1.82, 2.24) is 0 Å². The maximum atomic E-state index is 13.4. The van der Waals surface area contributed by atoms with E-state index >= 15 is 0 Å². The van der Waals surface area contributed by atoms with Crippen LogP contribution >= 0.6 is 11.8 Å². The van der Waals surface area contributed by atoms with E-state index < -0.39 is 20.2 Å². The first-order valence-electron chi connectivity index (χ1n) is 9.76. The molecule has 0 saturated carbocycles. The minimum atomic E-state index is -3.90. The predicted octanol–water partition coefficient (Wildman–Crippen LogP) is 6.13. The number of sulfone groups is 1. The van der Waals surface area contributed by atoms with Gasteiger partial charge < -0.3 is 0 Å². The third-order valence-electron chi connectivity index (χ3n) is 4.83. The molecule has 4 aromatic carbocycles. The molecule has 0 aliphatic carbocycles. The van der Waals surface area contributed by atoms with Gasteiger partial charge in [0.2, 0.25) is 0 Å². The van der Waals surface area contributed by atoms with E-state index in [-0.39, 0.29) is 4.90 Å². The second-order valence-corrected chi connectivity index (χ2v) is 10.4. The minimum Gasteiger partial charge on any atom is -0.292 e. The van der Waals surface area contributed by atoms with Crippen molar-refractivity contribution < 1.29 is 13.2 Å². The molecule has 0 N–H and O–H groups in total. The van der Waals surface area contributed by atoms with E-state index in [2.05, 4.69) is 0 Å². The molecule has 5 heteroatoms. The molecule has 0 fully saturated rings. The summed E-state index contributed by atoms with van der Waals surface area (Å²) in [6.45, 7) is 0. The molecule has 4 aromatic rings. The van der Waals surface area contributed by atoms with Gasteiger partial charge in [-0.15, -0.1) is 0 Å². The van der Waals surface area contributed by atoms with Gasteiger partial charge in [-0.25, -0.2) is 8.42 Å². The highest BCUT2D eigenvalue weighted by Crippen LogP contribution is 2.33. The monoisotopic (exact) mass is 444 g/mol. The number of Topliss-reactive ketones (excluding diaryl/α,β-unsaturated/α-hetero) is 1. The zero-order chi connectivity index (χ0) is 21.7. The third-order valence-corrected chi connectivity index (χ3v) is 8.56. The SMILES string of the molecule is O=C(c1ccc(-c2ccccc2)cc1)C(Sc1ccccc1)S(=O)(=O)c1ccccc1. The van der Waals surface area contributed by atoms with E-state index in [9.17, 15) is 13.2 Å². The molecular formula is C26H20O3S2. The zero-order valence-corrected chi connectivity index (χ0v) is 18.2. The van der Waals surface area contributed by atoms with Gasteiger partial charge in [0, 0.05) is 10.5 Å². The number of ketones is 1. The van der Waals surface area contributed by atoms with Crippen molar-refractivity contribution in [3.05, 3.63) is 121 Å². The van der Waals surface area contributed by atoms with Gasteiger partial charge in [-0.1, -0.05) is 103 Å². The molecule has 0 bridgehead atoms. The standard InChI is InChI=1S/C26H20O3S2/c27-25(22-18-16-21(17-19-22)20-10-4-1-5-11-20)26(30-23-12-6-2-7-13-23)31(28,29)24-14-8-3-9-15-24/h1-19,26H. The summed E-state index contributed by atoms with van der Waals surface area (Å²) in [6, 6.07) is 34.2. The largest absolute Gasteiger partial charge is 0.292 e. The van der Waals surface area contributed by atoms with Crippen LogP contribution in [0.3, 0.4) is 0 Å². The van der Waals surface area contributed by atoms with Crippen LogP contribution in [0.5, 0.6) is 0 Å². The summed E-state index contributed by atoms with van der Waals surface area (Å²) < 4.78 is 25.5. The van der Waals surface area contributed by atoms with Crippen LogP contribution in [0.15, 0.2) is 125 Å². The number of hydrogen-bond acceptors (Lipinski definition) is 4. The Hall–Kier alpha value is -3.15. The van der Waals surface area contributed by atoms with Crippen molar-refractivity contribution in [3.63, 3.8) is 0 Å². The van der Waals surface area contributed by atoms with Gasteiger partial charge in [0.25, 0.3) is 0 Å². The summed E-state index contributed by atoms with van der Waals surface area (Å²) in [5, 5.41) is 0. The van der Waals surface area contributed by atoms with Gasteiger partial charge in [0.15, 0.2) is 20.2 Å². The molecular weight excluding hydrogens is 424 g/mol. The Morgan fingerprint density at radius 1 is 0.613 bits per heavy atom. The molecule has 1 atom stereocenters. The van der Waals surface area contributed by atoms with Gasteiger partial charge in [0.05, 0.1) is 4.90 Å². The fourth-order valence-corrected chi connectivity index (χ4v) is 6.39. The lowest BCUT2D eigenvalue weighted by atomic mass is 10.0. The Bertz CT molecular complexity index is 1250. The highest BCUT2D eigenvalue weighted by Gasteiger charge is 2.35. The number of hydrogen-bond donors (Lipinski definition) is 0. The first-order valence-corrected chi connectivity index (χ1v) is 12.2. The van der Waals surface area contributed by atoms with E-state index in [1.807, 2.05) is 72.8 Å². The molecule has 0 aliphatic heterocycles. The second kappa shape index (κ2) is 9.33. The number of carbonyl (C=O) groups is 1. The van der Waals surface area contributed by atoms with Crippen LogP contribution in [-0.2, 0) is 9.84 Å². The molecule has 0 radical (unpaired) electrons. The highest BCUT2D eigenvalue weighted by atomic mass is 32.3. The fourth-order valence-electron chi connectivity index (χ4n) is 3.21. The lowest BCUT2D eigenvalue weighted by Gasteiger charge is -2.17. The van der Waals surface area contributed by atoms with Crippen LogP contribution in [0.2, 0.25) is 0 Å². The molecule has 154 valence electrons. The minimum absolute atomic E-state index is 0.137. The average molecular weight is 445 g/mol. The summed E-state index contributed by atoms with van der Waals surface area (Å²) in [6.07, 6.45) is 0. The Kier molecular flexibility index (Phi) is 6.35. The molecule has 0 aromatic heterocycles. The maximum Gasteiger partial charge on any atom is 0.198 e. The van der Waals surface area contributed by atoms with E-state index in [0.29, 0.717) is 5.56 Å². The van der Waals surface area contributed by atoms with Crippen molar-refractivity contribution in [2.75, 3.05) is 0 Å². The van der Waals surface area contributed by atoms with Crippen LogP contribution in [0.1, 0.15) is 10.4 Å². The molecule has 0 saturated heterocycles. The van der Waals surface area contributed by atoms with Crippen molar-refractivity contribution in [2.24, 2.45) is 0 Å². The smallest absolute Gasteiger partial charge is 0.198 e. The number of benzene rings is 4. The van der Waals surface area contributed by atoms with Crippen LogP contribution in [0.25, 0.3) is 11.1 Å². The third kappa shape index (κ3) is 4.79. The zero-order valence-electron chi connectivity index (χ0n) is 16.6. The lowest BCUT2D eigenvalue weighted by molar-refractivity contribution is 0.101. The fraction of sp³-hybridized carbons (Fsp3) is 0.0385. The number of carbonyl (C=O) groups excluding carboxylic acids is 1. The summed E-state index contributed by atoms with van der Waals surface area (Å²) in [5.74, 6) is -0.433. The Balaban J connectivity index is 1.70. The van der Waals surface area contributed by atoms with Gasteiger partial charge in [-0.2, -0.15) is 0 Å². The Morgan fingerprint density at radius 3 is 1.68 bits per heavy atom. The van der Waals surface area contributed by atoms with Crippen molar-refractivity contribution in [2.45, 2.75) is 14.4 Å². The first kappa shape index (κ1) is 21.1. The average Bonchev–Trinajstić information content (AvgIpc) is 2.84. The second-order valence-electron chi connectivity index (χ2n) is 6.93. The molecule has 31 heavy (non-hydrogen) atoms. The van der Waals surface area contributed by atoms with Gasteiger partial charge >= 0.3 is 0 Å². The predicted molar refractivity (Wildman–Crippen MR) is 126 cm³/mol. The summed E-state index contributed by atoms with van der Waals surface area (Å²) in [5.41, 5.74) is 2.37. The van der Waals surface area contributed by atoms with Crippen LogP contribution in [-0.4, -0.2) is 18.8 Å². The van der Waals surface area contributed by atoms with E-state index in [4.69, 9.17) is 0 Å². The number of rotatable bonds is 7. The summed E-state index contributed by atoms with van der Waals surface area (Å²) in [4.78, 5) is 14.3. The van der Waals surface area contributed by atoms with Crippen LogP contribution < -0.4 is 0 Å². The van der Waals surface area contributed by atoms with Crippen LogP contribution in [0, 0.1) is 0 Å². The lowest BCUT2D eigenvalue weighted by Crippen LogP contribution is -2.27. The van der Waals surface area contributed by atoms with Crippen molar-refractivity contribution in [3.8, 4) is 11.1 Å². The number of thioether (sulfide) groups is 1. The molecule has 1 unspecified atom stereocenters. The van der Waals surface area contributed by atoms with Gasteiger partial charge in [-0.05, 0) is 35.4 Å². The maximum absolute atomic E-state index is 13.4. The van der Waals surface area contributed by atoms with Crippen molar-refractivity contribution >= 4 is 27.4 Å². The Labute approximate surface area is 186 Å². The molecule has 0 aliphatic rings. The van der Waals surface area contributed by atoms with E-state index in [1.54, 1.807) is 30.3 Å². The Morgan fingerprint density at radius 2 is 1.10 bits per heavy atom. The van der Waals surface area contributed by atoms with Crippen LogP contribution in [0.4, 0.5) is 0 Å². The first-order chi connectivity index (χ1) is 15.1. The van der Waals surface area contributed by atoms with Crippen molar-refractivity contribution in [1.29, 1.82) is 0 Å². The van der Waals surface area contributed by atoms with Gasteiger partial charge in [0.1, 0.15) is 0 Å². The quantitative estimate of drug-likeness (QED) is 0.254. The molecule has 0 heterocycles. The normalized spacial score (nSPS) is 12.3. The van der Waals surface area contributed by atoms with E-state index in [0.717, 1.165) is 27.8 Å². The molecule has 0 spiro atoms. The van der Waals surface area contributed by atoms with E-state index in [1.165, 1.54) is 12.1 Å². The topological polar surface area (TPSA) is 51.2 Å². The highest BCUT2D eigenvalue weighted by molar-refractivity contribution is 8.14. The summed E-state index contributed by atoms with van der Waals surface area (Å²) in [7, 11) is -3.90. The summed E-state index contributed by atoms with van der Waals surface area (Å²) >= 11 is 1.06. The van der Waals surface area contributed by atoms with Gasteiger partial charge in [-0.3, -0.25) is 4.79 Å². The molecule has 3 nitrogen and oxygen atoms in total. The molecule has 4 rings (SSSR count). The molecule has 0 amide bonds.